The summed E-state index contributed by atoms with van der Waals surface area (Å²) in [7, 11) is 0. The molecule has 1 aromatic rings. The van der Waals surface area contributed by atoms with Gasteiger partial charge in [0.25, 0.3) is 5.69 Å². The van der Waals surface area contributed by atoms with Crippen molar-refractivity contribution in [1.82, 2.24) is 0 Å². The molecule has 5 nitrogen and oxygen atoms in total. The maximum absolute atomic E-state index is 11.1. The Morgan fingerprint density at radius 3 is 2.63 bits per heavy atom. The number of nitro groups is 1. The van der Waals surface area contributed by atoms with Crippen molar-refractivity contribution >= 4 is 27.3 Å². The third-order valence-electron chi connectivity index (χ3n) is 3.67. The highest BCUT2D eigenvalue weighted by Crippen LogP contribution is 2.35. The Morgan fingerprint density at radius 2 is 2.05 bits per heavy atom. The van der Waals surface area contributed by atoms with Crippen molar-refractivity contribution in [3.8, 4) is 0 Å². The zero-order valence-corrected chi connectivity index (χ0v) is 12.1. The highest BCUT2D eigenvalue weighted by Gasteiger charge is 2.33. The number of nitro benzene ring substituents is 1. The number of halogens is 1. The molecule has 0 bridgehead atoms. The van der Waals surface area contributed by atoms with E-state index in [9.17, 15) is 15.2 Å². The maximum Gasteiger partial charge on any atom is 0.293 e. The van der Waals surface area contributed by atoms with Gasteiger partial charge in [0.05, 0.1) is 17.1 Å². The number of hydrogen-bond acceptors (Lipinski definition) is 4. The van der Waals surface area contributed by atoms with E-state index < -0.39 is 10.5 Å². The molecule has 1 aliphatic rings. The number of aliphatic hydroxyl groups is 1. The van der Waals surface area contributed by atoms with Gasteiger partial charge in [-0.3, -0.25) is 10.1 Å². The molecule has 0 saturated heterocycles. The molecule has 0 unspecified atom stereocenters. The van der Waals surface area contributed by atoms with Crippen LogP contribution in [-0.4, -0.2) is 22.2 Å². The van der Waals surface area contributed by atoms with Crippen LogP contribution in [-0.2, 0) is 0 Å². The SMILES string of the molecule is O=[N+]([O-])c1cc(Br)ccc1NC1(CO)CCCCC1. The molecule has 2 rings (SSSR count). The van der Waals surface area contributed by atoms with Crippen LogP contribution in [0.2, 0.25) is 0 Å². The van der Waals surface area contributed by atoms with Crippen molar-refractivity contribution in [3.05, 3.63) is 32.8 Å². The van der Waals surface area contributed by atoms with E-state index in [-0.39, 0.29) is 12.3 Å². The Hall–Kier alpha value is -1.14. The Labute approximate surface area is 120 Å². The van der Waals surface area contributed by atoms with Crippen LogP contribution in [0, 0.1) is 10.1 Å². The average molecular weight is 329 g/mol. The molecule has 19 heavy (non-hydrogen) atoms. The van der Waals surface area contributed by atoms with Crippen molar-refractivity contribution < 1.29 is 10.0 Å². The lowest BCUT2D eigenvalue weighted by Gasteiger charge is -2.37. The highest BCUT2D eigenvalue weighted by atomic mass is 79.9. The zero-order chi connectivity index (χ0) is 13.9. The summed E-state index contributed by atoms with van der Waals surface area (Å²) in [5.41, 5.74) is 0.0912. The van der Waals surface area contributed by atoms with Crippen LogP contribution < -0.4 is 5.32 Å². The first-order valence-electron chi connectivity index (χ1n) is 6.39. The second-order valence-corrected chi connectivity index (χ2v) is 5.96. The summed E-state index contributed by atoms with van der Waals surface area (Å²) in [6.45, 7) is 0.000216. The molecule has 0 atom stereocenters. The highest BCUT2D eigenvalue weighted by molar-refractivity contribution is 9.10. The van der Waals surface area contributed by atoms with Crippen molar-refractivity contribution in [1.29, 1.82) is 0 Å². The van der Waals surface area contributed by atoms with Gasteiger partial charge in [0.2, 0.25) is 0 Å². The molecule has 1 fully saturated rings. The van der Waals surface area contributed by atoms with Gasteiger partial charge in [-0.2, -0.15) is 0 Å². The van der Waals surface area contributed by atoms with Crippen LogP contribution in [0.25, 0.3) is 0 Å². The Kier molecular flexibility index (Phi) is 4.42. The van der Waals surface area contributed by atoms with Gasteiger partial charge in [0, 0.05) is 10.5 Å². The summed E-state index contributed by atoms with van der Waals surface area (Å²) < 4.78 is 0.673. The summed E-state index contributed by atoms with van der Waals surface area (Å²) in [5, 5.41) is 23.9. The van der Waals surface area contributed by atoms with E-state index in [0.29, 0.717) is 10.2 Å². The topological polar surface area (TPSA) is 75.4 Å². The lowest BCUT2D eigenvalue weighted by molar-refractivity contribution is -0.384. The molecule has 1 aromatic carbocycles. The minimum absolute atomic E-state index is 0.000216. The largest absolute Gasteiger partial charge is 0.394 e. The van der Waals surface area contributed by atoms with E-state index in [1.165, 1.54) is 6.07 Å². The van der Waals surface area contributed by atoms with Crippen molar-refractivity contribution in [3.63, 3.8) is 0 Å². The first-order chi connectivity index (χ1) is 9.06. The summed E-state index contributed by atoms with van der Waals surface area (Å²) in [4.78, 5) is 10.7. The fraction of sp³-hybridized carbons (Fsp3) is 0.538. The Balaban J connectivity index is 2.28. The second-order valence-electron chi connectivity index (χ2n) is 5.04. The number of nitrogens with one attached hydrogen (secondary N) is 1. The molecule has 0 amide bonds. The van der Waals surface area contributed by atoms with Gasteiger partial charge in [-0.1, -0.05) is 35.2 Å². The van der Waals surface area contributed by atoms with E-state index in [2.05, 4.69) is 21.2 Å². The maximum atomic E-state index is 11.1. The predicted molar refractivity (Wildman–Crippen MR) is 77.3 cm³/mol. The van der Waals surface area contributed by atoms with Crippen molar-refractivity contribution in [2.24, 2.45) is 0 Å². The van der Waals surface area contributed by atoms with E-state index in [1.807, 2.05) is 0 Å². The van der Waals surface area contributed by atoms with E-state index >= 15 is 0 Å². The summed E-state index contributed by atoms with van der Waals surface area (Å²) >= 11 is 3.24. The van der Waals surface area contributed by atoms with Crippen LogP contribution in [0.5, 0.6) is 0 Å². The predicted octanol–water partition coefficient (Wildman–Crippen LogP) is 3.46. The monoisotopic (exact) mass is 328 g/mol. The Bertz CT molecular complexity index is 473. The van der Waals surface area contributed by atoms with E-state index in [0.717, 1.165) is 32.1 Å². The number of benzene rings is 1. The van der Waals surface area contributed by atoms with Crippen LogP contribution in [0.15, 0.2) is 22.7 Å². The third-order valence-corrected chi connectivity index (χ3v) is 4.16. The van der Waals surface area contributed by atoms with Gasteiger partial charge < -0.3 is 10.4 Å². The quantitative estimate of drug-likeness (QED) is 0.655. The van der Waals surface area contributed by atoms with Crippen molar-refractivity contribution in [2.45, 2.75) is 37.6 Å². The molecule has 1 saturated carbocycles. The molecular weight excluding hydrogens is 312 g/mol. The second kappa shape index (κ2) is 5.88. The molecular formula is C13H17BrN2O3. The minimum Gasteiger partial charge on any atom is -0.394 e. The number of rotatable bonds is 4. The summed E-state index contributed by atoms with van der Waals surface area (Å²) in [5.74, 6) is 0. The van der Waals surface area contributed by atoms with E-state index in [1.54, 1.807) is 12.1 Å². The molecule has 1 aliphatic carbocycles. The summed E-state index contributed by atoms with van der Waals surface area (Å²) in [6.07, 6.45) is 4.93. The molecule has 0 aliphatic heterocycles. The number of hydrogen-bond donors (Lipinski definition) is 2. The molecule has 6 heteroatoms. The molecule has 104 valence electrons. The fourth-order valence-corrected chi connectivity index (χ4v) is 2.95. The third kappa shape index (κ3) is 3.25. The molecule has 0 spiro atoms. The molecule has 2 N–H and O–H groups in total. The summed E-state index contributed by atoms with van der Waals surface area (Å²) in [6, 6.07) is 4.94. The van der Waals surface area contributed by atoms with Gasteiger partial charge in [0.1, 0.15) is 5.69 Å². The number of nitrogens with zero attached hydrogens (tertiary/aromatic N) is 1. The van der Waals surface area contributed by atoms with Gasteiger partial charge in [-0.25, -0.2) is 0 Å². The number of aliphatic hydroxyl groups excluding tert-OH is 1. The lowest BCUT2D eigenvalue weighted by atomic mass is 9.82. The van der Waals surface area contributed by atoms with Crippen molar-refractivity contribution in [2.75, 3.05) is 11.9 Å². The van der Waals surface area contributed by atoms with E-state index in [4.69, 9.17) is 0 Å². The van der Waals surface area contributed by atoms with Gasteiger partial charge >= 0.3 is 0 Å². The average Bonchev–Trinajstić information content (AvgIpc) is 2.42. The van der Waals surface area contributed by atoms with Gasteiger partial charge in [0.15, 0.2) is 0 Å². The smallest absolute Gasteiger partial charge is 0.293 e. The molecule has 0 heterocycles. The minimum atomic E-state index is -0.420. The van der Waals surface area contributed by atoms with Gasteiger partial charge in [-0.15, -0.1) is 0 Å². The first kappa shape index (κ1) is 14.3. The normalized spacial score (nSPS) is 18.0. The van der Waals surface area contributed by atoms with Crippen LogP contribution in [0.4, 0.5) is 11.4 Å². The van der Waals surface area contributed by atoms with Crippen LogP contribution in [0.1, 0.15) is 32.1 Å². The lowest BCUT2D eigenvalue weighted by Crippen LogP contribution is -2.44. The molecule has 0 aromatic heterocycles. The fourth-order valence-electron chi connectivity index (χ4n) is 2.60. The van der Waals surface area contributed by atoms with Crippen LogP contribution in [0.3, 0.4) is 0 Å². The first-order valence-corrected chi connectivity index (χ1v) is 7.19. The van der Waals surface area contributed by atoms with Gasteiger partial charge in [-0.05, 0) is 25.0 Å². The molecule has 0 radical (unpaired) electrons. The zero-order valence-electron chi connectivity index (χ0n) is 10.6. The standard InChI is InChI=1S/C13H17BrN2O3/c14-10-4-5-11(12(8-10)16(18)19)15-13(9-17)6-2-1-3-7-13/h4-5,8,15,17H,1-3,6-7,9H2. The number of anilines is 1. The Morgan fingerprint density at radius 1 is 1.37 bits per heavy atom. The van der Waals surface area contributed by atoms with Crippen LogP contribution >= 0.6 is 15.9 Å².